The van der Waals surface area contributed by atoms with Gasteiger partial charge in [0.1, 0.15) is 0 Å². The van der Waals surface area contributed by atoms with Gasteiger partial charge in [0, 0.05) is 33.4 Å². The Labute approximate surface area is 335 Å². The van der Waals surface area contributed by atoms with E-state index in [0.29, 0.717) is 0 Å². The molecular weight excluding hydrogens is 689 g/mol. The Morgan fingerprint density at radius 2 is 1.09 bits per heavy atom. The highest BCUT2D eigenvalue weighted by atomic mass is 15.0. The van der Waals surface area contributed by atoms with Gasteiger partial charge in [-0.1, -0.05) is 170 Å². The number of hydrogen-bond donors (Lipinski definition) is 1. The second kappa shape index (κ2) is 15.7. The average molecular weight is 731 g/mol. The smallest absolute Gasteiger partial charge is 0.0541 e. The van der Waals surface area contributed by atoms with Crippen molar-refractivity contribution in [3.8, 4) is 50.2 Å². The summed E-state index contributed by atoms with van der Waals surface area (Å²) in [5.74, 6) is 0. The van der Waals surface area contributed by atoms with Crippen LogP contribution in [0.1, 0.15) is 12.5 Å². The van der Waals surface area contributed by atoms with E-state index in [0.717, 1.165) is 50.5 Å². The predicted octanol–water partition coefficient (Wildman–Crippen LogP) is 15.3. The molecule has 0 saturated heterocycles. The lowest BCUT2D eigenvalue weighted by Crippen LogP contribution is -1.97. The van der Waals surface area contributed by atoms with Crippen molar-refractivity contribution in [1.29, 1.82) is 0 Å². The van der Waals surface area contributed by atoms with Crippen molar-refractivity contribution in [2.45, 2.75) is 6.92 Å². The Morgan fingerprint density at radius 3 is 1.88 bits per heavy atom. The second-order valence-electron chi connectivity index (χ2n) is 14.3. The van der Waals surface area contributed by atoms with E-state index in [1.54, 1.807) is 0 Å². The summed E-state index contributed by atoms with van der Waals surface area (Å²) < 4.78 is 2.39. The molecule has 9 aromatic rings. The molecule has 57 heavy (non-hydrogen) atoms. The lowest BCUT2D eigenvalue weighted by atomic mass is 9.91. The summed E-state index contributed by atoms with van der Waals surface area (Å²) in [7, 11) is 0. The van der Waals surface area contributed by atoms with Gasteiger partial charge in [0.05, 0.1) is 11.0 Å². The molecule has 0 atom stereocenters. The molecule has 0 radical (unpaired) electrons. The molecule has 272 valence electrons. The molecule has 0 saturated carbocycles. The number of anilines is 2. The number of nitrogens with one attached hydrogen (secondary N) is 1. The third-order valence-electron chi connectivity index (χ3n) is 10.6. The zero-order chi connectivity index (χ0) is 38.6. The minimum atomic E-state index is 0.955. The standard InChI is InChI=1S/C55H42N2/c1-3-4-7-18-39(2)48-27-12-13-28-49(48)51-37-44(31-33-53(51)56-46-25-16-23-42(35-46)40-19-8-5-9-20-40)45-32-34-55-52(38-45)50-29-14-15-30-54(50)57(55)47-26-17-24-43(36-47)41-21-10-6-11-22-41/h3-38,56H,2H2,1H3/b4-3-,18-7-. The summed E-state index contributed by atoms with van der Waals surface area (Å²) in [6.07, 6.45) is 8.20. The molecule has 1 aromatic heterocycles. The largest absolute Gasteiger partial charge is 0.355 e. The Bertz CT molecular complexity index is 2950. The number of nitrogens with zero attached hydrogens (tertiary/aromatic N) is 1. The molecular formula is C55H42N2. The summed E-state index contributed by atoms with van der Waals surface area (Å²) >= 11 is 0. The molecule has 9 rings (SSSR count). The molecule has 8 aromatic carbocycles. The monoisotopic (exact) mass is 730 g/mol. The fourth-order valence-electron chi connectivity index (χ4n) is 7.87. The van der Waals surface area contributed by atoms with Crippen LogP contribution in [0.5, 0.6) is 0 Å². The van der Waals surface area contributed by atoms with E-state index in [2.05, 4.69) is 217 Å². The van der Waals surface area contributed by atoms with Gasteiger partial charge < -0.3 is 9.88 Å². The van der Waals surface area contributed by atoms with Crippen molar-refractivity contribution >= 4 is 38.8 Å². The van der Waals surface area contributed by atoms with Crippen LogP contribution in [0, 0.1) is 0 Å². The maximum Gasteiger partial charge on any atom is 0.0541 e. The van der Waals surface area contributed by atoms with Crippen molar-refractivity contribution in [3.05, 3.63) is 231 Å². The number of fused-ring (bicyclic) bond motifs is 3. The van der Waals surface area contributed by atoms with Crippen LogP contribution in [0.2, 0.25) is 0 Å². The summed E-state index contributed by atoms with van der Waals surface area (Å²) in [6.45, 7) is 6.52. The van der Waals surface area contributed by atoms with E-state index in [4.69, 9.17) is 0 Å². The topological polar surface area (TPSA) is 17.0 Å². The van der Waals surface area contributed by atoms with E-state index < -0.39 is 0 Å². The molecule has 1 heterocycles. The molecule has 0 unspecified atom stereocenters. The molecule has 0 amide bonds. The highest BCUT2D eigenvalue weighted by molar-refractivity contribution is 6.10. The van der Waals surface area contributed by atoms with Gasteiger partial charge >= 0.3 is 0 Å². The predicted molar refractivity (Wildman–Crippen MR) is 245 cm³/mol. The van der Waals surface area contributed by atoms with Crippen LogP contribution in [0.3, 0.4) is 0 Å². The van der Waals surface area contributed by atoms with Gasteiger partial charge in [0.2, 0.25) is 0 Å². The SMILES string of the molecule is C=C(/C=C\C=C/C)c1ccccc1-c1cc(-c2ccc3c(c2)c2ccccc2n3-c2cccc(-c3ccccc3)c2)ccc1Nc1cccc(-c2ccccc2)c1. The summed E-state index contributed by atoms with van der Waals surface area (Å²) in [6, 6.07) is 69.6. The molecule has 2 heteroatoms. The number of aromatic nitrogens is 1. The van der Waals surface area contributed by atoms with E-state index in [-0.39, 0.29) is 0 Å². The van der Waals surface area contributed by atoms with Gasteiger partial charge in [-0.3, -0.25) is 0 Å². The van der Waals surface area contributed by atoms with Gasteiger partial charge in [-0.2, -0.15) is 0 Å². The quantitative estimate of drug-likeness (QED) is 0.139. The van der Waals surface area contributed by atoms with Crippen LogP contribution in [-0.2, 0) is 0 Å². The van der Waals surface area contributed by atoms with Crippen LogP contribution >= 0.6 is 0 Å². The number of para-hydroxylation sites is 1. The Morgan fingerprint density at radius 1 is 0.474 bits per heavy atom. The van der Waals surface area contributed by atoms with Crippen molar-refractivity contribution in [3.63, 3.8) is 0 Å². The van der Waals surface area contributed by atoms with Crippen molar-refractivity contribution in [2.24, 2.45) is 0 Å². The van der Waals surface area contributed by atoms with Gasteiger partial charge in [0.25, 0.3) is 0 Å². The summed E-state index contributed by atoms with van der Waals surface area (Å²) in [5, 5.41) is 6.26. The van der Waals surface area contributed by atoms with Crippen molar-refractivity contribution in [1.82, 2.24) is 4.57 Å². The van der Waals surface area contributed by atoms with Crippen LogP contribution < -0.4 is 5.32 Å². The first-order valence-corrected chi connectivity index (χ1v) is 19.5. The number of rotatable bonds is 10. The van der Waals surface area contributed by atoms with E-state index in [9.17, 15) is 0 Å². The van der Waals surface area contributed by atoms with Gasteiger partial charge in [0.15, 0.2) is 0 Å². The summed E-state index contributed by atoms with van der Waals surface area (Å²) in [4.78, 5) is 0. The Kier molecular flexibility index (Phi) is 9.75. The van der Waals surface area contributed by atoms with Crippen LogP contribution in [0.15, 0.2) is 225 Å². The molecule has 0 aliphatic heterocycles. The lowest BCUT2D eigenvalue weighted by Gasteiger charge is -2.18. The minimum absolute atomic E-state index is 0.955. The van der Waals surface area contributed by atoms with E-state index >= 15 is 0 Å². The van der Waals surface area contributed by atoms with Crippen molar-refractivity contribution in [2.75, 3.05) is 5.32 Å². The normalized spacial score (nSPS) is 11.5. The maximum atomic E-state index is 4.49. The van der Waals surface area contributed by atoms with Crippen LogP contribution in [0.25, 0.3) is 77.6 Å². The lowest BCUT2D eigenvalue weighted by molar-refractivity contribution is 1.18. The molecule has 0 aliphatic carbocycles. The fourth-order valence-corrected chi connectivity index (χ4v) is 7.87. The third-order valence-corrected chi connectivity index (χ3v) is 10.6. The van der Waals surface area contributed by atoms with E-state index in [1.807, 2.05) is 25.2 Å². The maximum absolute atomic E-state index is 4.49. The number of benzene rings is 8. The zero-order valence-corrected chi connectivity index (χ0v) is 31.9. The first kappa shape index (κ1) is 35.3. The number of hydrogen-bond acceptors (Lipinski definition) is 1. The molecule has 0 bridgehead atoms. The van der Waals surface area contributed by atoms with Gasteiger partial charge in [-0.15, -0.1) is 0 Å². The summed E-state index contributed by atoms with van der Waals surface area (Å²) in [5.41, 5.74) is 16.9. The van der Waals surface area contributed by atoms with Crippen LogP contribution in [0.4, 0.5) is 11.4 Å². The molecule has 0 fully saturated rings. The highest BCUT2D eigenvalue weighted by Gasteiger charge is 2.17. The molecule has 2 nitrogen and oxygen atoms in total. The van der Waals surface area contributed by atoms with E-state index in [1.165, 1.54) is 44.1 Å². The van der Waals surface area contributed by atoms with Gasteiger partial charge in [-0.05, 0) is 112 Å². The van der Waals surface area contributed by atoms with Gasteiger partial charge in [-0.25, -0.2) is 0 Å². The minimum Gasteiger partial charge on any atom is -0.355 e. The fraction of sp³-hybridized carbons (Fsp3) is 0.0182. The first-order valence-electron chi connectivity index (χ1n) is 19.5. The molecule has 0 aliphatic rings. The average Bonchev–Trinajstić information content (AvgIpc) is 3.61. The highest BCUT2D eigenvalue weighted by Crippen LogP contribution is 2.41. The van der Waals surface area contributed by atoms with Crippen molar-refractivity contribution < 1.29 is 0 Å². The third kappa shape index (κ3) is 7.13. The second-order valence-corrected chi connectivity index (χ2v) is 14.3. The molecule has 0 spiro atoms. The first-order chi connectivity index (χ1) is 28.1. The Hall–Kier alpha value is -7.42. The van der Waals surface area contributed by atoms with Crippen LogP contribution in [-0.4, -0.2) is 4.57 Å². The Balaban J connectivity index is 1.17. The molecule has 1 N–H and O–H groups in total. The zero-order valence-electron chi connectivity index (χ0n) is 31.9. The number of allylic oxidation sites excluding steroid dienone is 5.